The van der Waals surface area contributed by atoms with Crippen molar-refractivity contribution in [2.45, 2.75) is 19.6 Å². The van der Waals surface area contributed by atoms with E-state index in [4.69, 9.17) is 0 Å². The topological polar surface area (TPSA) is 42.7 Å². The molecule has 2 rings (SSSR count). The van der Waals surface area contributed by atoms with Crippen molar-refractivity contribution in [3.8, 4) is 5.69 Å². The van der Waals surface area contributed by atoms with Crippen LogP contribution in [0.25, 0.3) is 5.69 Å². The van der Waals surface area contributed by atoms with E-state index in [1.807, 2.05) is 6.92 Å². The third-order valence-corrected chi connectivity index (χ3v) is 3.10. The third-order valence-electron chi connectivity index (χ3n) is 2.61. The Hall–Kier alpha value is -1.41. The van der Waals surface area contributed by atoms with E-state index >= 15 is 0 Å². The van der Waals surface area contributed by atoms with Gasteiger partial charge in [-0.25, -0.2) is 4.68 Å². The normalized spacial score (nSPS) is 11.8. The lowest BCUT2D eigenvalue weighted by atomic mass is 10.1. The van der Waals surface area contributed by atoms with E-state index in [-0.39, 0.29) is 5.69 Å². The molecule has 0 unspecified atom stereocenters. The third kappa shape index (κ3) is 3.37. The van der Waals surface area contributed by atoms with Crippen LogP contribution in [-0.4, -0.2) is 21.5 Å². The molecule has 4 nitrogen and oxygen atoms in total. The zero-order valence-corrected chi connectivity index (χ0v) is 12.2. The molecule has 2 aromatic rings. The summed E-state index contributed by atoms with van der Waals surface area (Å²) >= 11 is 3.05. The van der Waals surface area contributed by atoms with Gasteiger partial charge < -0.3 is 5.32 Å². The summed E-state index contributed by atoms with van der Waals surface area (Å²) in [5, 5.41) is 10.6. The number of benzene rings is 1. The number of nitrogens with zero attached hydrogens (tertiary/aromatic N) is 3. The molecule has 0 bridgehead atoms. The minimum atomic E-state index is -4.45. The predicted octanol–water partition coefficient (Wildman–Crippen LogP) is 3.16. The van der Waals surface area contributed by atoms with Gasteiger partial charge in [-0.2, -0.15) is 13.2 Å². The first-order chi connectivity index (χ1) is 9.41. The van der Waals surface area contributed by atoms with Crippen molar-refractivity contribution in [3.63, 3.8) is 0 Å². The van der Waals surface area contributed by atoms with Crippen molar-refractivity contribution in [1.82, 2.24) is 20.3 Å². The van der Waals surface area contributed by atoms with Crippen molar-refractivity contribution < 1.29 is 13.2 Å². The molecule has 0 saturated carbocycles. The first kappa shape index (κ1) is 15.0. The molecule has 0 fully saturated rings. The molecule has 20 heavy (non-hydrogen) atoms. The maximum Gasteiger partial charge on any atom is 0.418 e. The Morgan fingerprint density at radius 3 is 2.75 bits per heavy atom. The van der Waals surface area contributed by atoms with Gasteiger partial charge in [0.25, 0.3) is 0 Å². The minimum Gasteiger partial charge on any atom is -0.311 e. The number of halogens is 4. The van der Waals surface area contributed by atoms with Crippen LogP contribution in [0.15, 0.2) is 28.9 Å². The highest BCUT2D eigenvalue weighted by Crippen LogP contribution is 2.35. The Labute approximate surface area is 122 Å². The number of hydrogen-bond donors (Lipinski definition) is 1. The molecule has 0 saturated heterocycles. The van der Waals surface area contributed by atoms with Crippen LogP contribution < -0.4 is 5.32 Å². The van der Waals surface area contributed by atoms with E-state index in [1.54, 1.807) is 0 Å². The van der Waals surface area contributed by atoms with Gasteiger partial charge in [-0.1, -0.05) is 28.1 Å². The molecule has 0 aliphatic rings. The second-order valence-corrected chi connectivity index (χ2v) is 5.01. The van der Waals surface area contributed by atoms with E-state index in [0.717, 1.165) is 17.3 Å². The summed E-state index contributed by atoms with van der Waals surface area (Å²) in [6, 6.07) is 3.93. The van der Waals surface area contributed by atoms with Crippen LogP contribution in [0.2, 0.25) is 0 Å². The Kier molecular flexibility index (Phi) is 4.44. The van der Waals surface area contributed by atoms with Crippen LogP contribution in [0.5, 0.6) is 0 Å². The molecule has 0 atom stereocenters. The van der Waals surface area contributed by atoms with E-state index in [2.05, 4.69) is 31.6 Å². The van der Waals surface area contributed by atoms with Gasteiger partial charge in [-0.05, 0) is 24.7 Å². The number of aromatic nitrogens is 3. The van der Waals surface area contributed by atoms with Gasteiger partial charge in [0.15, 0.2) is 0 Å². The Bertz CT molecular complexity index is 595. The van der Waals surface area contributed by atoms with Gasteiger partial charge in [-0.15, -0.1) is 5.10 Å². The highest BCUT2D eigenvalue weighted by molar-refractivity contribution is 9.10. The Balaban J connectivity index is 2.39. The molecule has 8 heteroatoms. The fourth-order valence-corrected chi connectivity index (χ4v) is 2.05. The lowest BCUT2D eigenvalue weighted by Crippen LogP contribution is -2.12. The molecule has 1 N–H and O–H groups in total. The Morgan fingerprint density at radius 2 is 2.10 bits per heavy atom. The smallest absolute Gasteiger partial charge is 0.311 e. The number of alkyl halides is 3. The first-order valence-corrected chi connectivity index (χ1v) is 6.70. The quantitative estimate of drug-likeness (QED) is 0.922. The van der Waals surface area contributed by atoms with Crippen LogP contribution in [0.4, 0.5) is 13.2 Å². The molecule has 0 amide bonds. The van der Waals surface area contributed by atoms with Crippen molar-refractivity contribution in [2.24, 2.45) is 0 Å². The van der Waals surface area contributed by atoms with E-state index in [9.17, 15) is 13.2 Å². The van der Waals surface area contributed by atoms with Crippen LogP contribution in [0, 0.1) is 0 Å². The van der Waals surface area contributed by atoms with E-state index in [0.29, 0.717) is 16.7 Å². The largest absolute Gasteiger partial charge is 0.418 e. The first-order valence-electron chi connectivity index (χ1n) is 5.91. The van der Waals surface area contributed by atoms with Crippen molar-refractivity contribution >= 4 is 15.9 Å². The lowest BCUT2D eigenvalue weighted by molar-refractivity contribution is -0.137. The van der Waals surface area contributed by atoms with Crippen LogP contribution in [0.1, 0.15) is 18.2 Å². The number of hydrogen-bond acceptors (Lipinski definition) is 3. The zero-order valence-electron chi connectivity index (χ0n) is 10.6. The number of rotatable bonds is 4. The monoisotopic (exact) mass is 348 g/mol. The van der Waals surface area contributed by atoms with Gasteiger partial charge in [0.2, 0.25) is 0 Å². The predicted molar refractivity (Wildman–Crippen MR) is 71.4 cm³/mol. The van der Waals surface area contributed by atoms with Gasteiger partial charge in [0.1, 0.15) is 0 Å². The summed E-state index contributed by atoms with van der Waals surface area (Å²) in [5.41, 5.74) is -0.217. The lowest BCUT2D eigenvalue weighted by Gasteiger charge is -2.12. The van der Waals surface area contributed by atoms with Crippen molar-refractivity contribution in [3.05, 3.63) is 40.1 Å². The molecule has 0 aliphatic heterocycles. The SMILES string of the molecule is CCNCc1cn(-c2ccc(Br)cc2C(F)(F)F)nn1. The zero-order chi connectivity index (χ0) is 14.8. The summed E-state index contributed by atoms with van der Waals surface area (Å²) in [6.07, 6.45) is -2.96. The molecule has 108 valence electrons. The van der Waals surface area contributed by atoms with E-state index in [1.165, 1.54) is 18.3 Å². The van der Waals surface area contributed by atoms with Crippen LogP contribution in [0.3, 0.4) is 0 Å². The van der Waals surface area contributed by atoms with Crippen molar-refractivity contribution in [2.75, 3.05) is 6.54 Å². The average Bonchev–Trinajstić information content (AvgIpc) is 2.84. The van der Waals surface area contributed by atoms with Gasteiger partial charge in [0.05, 0.1) is 23.1 Å². The molecule has 0 spiro atoms. The fourth-order valence-electron chi connectivity index (χ4n) is 1.69. The minimum absolute atomic E-state index is 0.0454. The van der Waals surface area contributed by atoms with Gasteiger partial charge in [0, 0.05) is 11.0 Å². The molecule has 1 aromatic carbocycles. The number of nitrogens with one attached hydrogen (secondary N) is 1. The summed E-state index contributed by atoms with van der Waals surface area (Å²) in [7, 11) is 0. The highest BCUT2D eigenvalue weighted by atomic mass is 79.9. The molecule has 1 heterocycles. The molecular formula is C12H12BrF3N4. The van der Waals surface area contributed by atoms with Crippen LogP contribution in [-0.2, 0) is 12.7 Å². The summed E-state index contributed by atoms with van der Waals surface area (Å²) < 4.78 is 40.6. The van der Waals surface area contributed by atoms with Gasteiger partial charge in [-0.3, -0.25) is 0 Å². The summed E-state index contributed by atoms with van der Waals surface area (Å²) in [6.45, 7) is 3.15. The maximum absolute atomic E-state index is 13.0. The molecule has 0 aliphatic carbocycles. The maximum atomic E-state index is 13.0. The summed E-state index contributed by atoms with van der Waals surface area (Å²) in [5.74, 6) is 0. The highest BCUT2D eigenvalue weighted by Gasteiger charge is 2.34. The second kappa shape index (κ2) is 5.92. The average molecular weight is 349 g/mol. The second-order valence-electron chi connectivity index (χ2n) is 4.09. The van der Waals surface area contributed by atoms with E-state index < -0.39 is 11.7 Å². The fraction of sp³-hybridized carbons (Fsp3) is 0.333. The molecule has 0 radical (unpaired) electrons. The van der Waals surface area contributed by atoms with Gasteiger partial charge >= 0.3 is 6.18 Å². The Morgan fingerprint density at radius 1 is 1.35 bits per heavy atom. The van der Waals surface area contributed by atoms with Crippen molar-refractivity contribution in [1.29, 1.82) is 0 Å². The molecule has 1 aromatic heterocycles. The summed E-state index contributed by atoms with van der Waals surface area (Å²) in [4.78, 5) is 0. The molecular weight excluding hydrogens is 337 g/mol. The van der Waals surface area contributed by atoms with Crippen LogP contribution >= 0.6 is 15.9 Å². The standard InChI is InChI=1S/C12H12BrF3N4/c1-2-17-6-9-7-20(19-18-9)11-4-3-8(13)5-10(11)12(14,15)16/h3-5,7,17H,2,6H2,1H3.